The third-order valence-corrected chi connectivity index (χ3v) is 8.95. The molecule has 104 valence electrons. The molecule has 1 aliphatic rings. The third-order valence-electron chi connectivity index (χ3n) is 4.89. The first-order valence-electron chi connectivity index (χ1n) is 6.94. The SMILES string of the molecule is CC(C1(C)c2ccccc2-c2ccccc21)[Si](C)(Cl)Cl. The Bertz CT molecular complexity index is 613. The summed E-state index contributed by atoms with van der Waals surface area (Å²) in [6.45, 7) is 4.22. The summed E-state index contributed by atoms with van der Waals surface area (Å²) < 4.78 is 0. The van der Waals surface area contributed by atoms with E-state index in [-0.39, 0.29) is 11.0 Å². The van der Waals surface area contributed by atoms with Crippen LogP contribution in [0.15, 0.2) is 48.5 Å². The van der Waals surface area contributed by atoms with Gasteiger partial charge in [0.05, 0.1) is 0 Å². The van der Waals surface area contributed by atoms with Gasteiger partial charge in [-0.25, -0.2) is 0 Å². The van der Waals surface area contributed by atoms with Gasteiger partial charge in [0.2, 0.25) is 0 Å². The smallest absolute Gasteiger partial charge is 0.146 e. The predicted molar refractivity (Wildman–Crippen MR) is 91.1 cm³/mol. The Morgan fingerprint density at radius 1 is 0.900 bits per heavy atom. The second kappa shape index (κ2) is 4.62. The van der Waals surface area contributed by atoms with Crippen LogP contribution in [0.1, 0.15) is 25.0 Å². The van der Waals surface area contributed by atoms with Crippen LogP contribution in [-0.2, 0) is 5.41 Å². The van der Waals surface area contributed by atoms with E-state index >= 15 is 0 Å². The predicted octanol–water partition coefficient (Wildman–Crippen LogP) is 5.91. The van der Waals surface area contributed by atoms with Crippen molar-refractivity contribution in [2.45, 2.75) is 31.4 Å². The summed E-state index contributed by atoms with van der Waals surface area (Å²) in [5.74, 6) is 0. The zero-order chi connectivity index (χ0) is 14.5. The molecule has 20 heavy (non-hydrogen) atoms. The quantitative estimate of drug-likeness (QED) is 0.476. The van der Waals surface area contributed by atoms with Crippen molar-refractivity contribution in [1.82, 2.24) is 0 Å². The van der Waals surface area contributed by atoms with Crippen LogP contribution in [0.4, 0.5) is 0 Å². The second-order valence-corrected chi connectivity index (χ2v) is 14.0. The van der Waals surface area contributed by atoms with Crippen LogP contribution in [0.5, 0.6) is 0 Å². The van der Waals surface area contributed by atoms with Gasteiger partial charge in [0, 0.05) is 5.41 Å². The van der Waals surface area contributed by atoms with E-state index in [0.717, 1.165) is 0 Å². The number of fused-ring (bicyclic) bond motifs is 3. The van der Waals surface area contributed by atoms with Crippen LogP contribution in [0.3, 0.4) is 0 Å². The van der Waals surface area contributed by atoms with Crippen molar-refractivity contribution < 1.29 is 0 Å². The molecule has 1 unspecified atom stereocenters. The van der Waals surface area contributed by atoms with Gasteiger partial charge in [-0.15, -0.1) is 22.2 Å². The first-order valence-corrected chi connectivity index (χ1v) is 11.5. The van der Waals surface area contributed by atoms with E-state index in [4.69, 9.17) is 22.2 Å². The lowest BCUT2D eigenvalue weighted by atomic mass is 9.77. The van der Waals surface area contributed by atoms with E-state index in [2.05, 4.69) is 62.4 Å². The molecule has 0 aliphatic heterocycles. The fourth-order valence-electron chi connectivity index (χ4n) is 3.46. The van der Waals surface area contributed by atoms with Crippen LogP contribution in [0.2, 0.25) is 12.1 Å². The minimum Gasteiger partial charge on any atom is -0.146 e. The Morgan fingerprint density at radius 2 is 1.30 bits per heavy atom. The summed E-state index contributed by atoms with van der Waals surface area (Å²) in [6, 6.07) is 17.3. The molecule has 0 fully saturated rings. The molecule has 2 aromatic carbocycles. The zero-order valence-corrected chi connectivity index (χ0v) is 14.5. The lowest BCUT2D eigenvalue weighted by molar-refractivity contribution is 0.556. The zero-order valence-electron chi connectivity index (χ0n) is 12.0. The number of benzene rings is 2. The fraction of sp³-hybridized carbons (Fsp3) is 0.294. The van der Waals surface area contributed by atoms with Crippen molar-refractivity contribution in [3.8, 4) is 11.1 Å². The molecule has 0 N–H and O–H groups in total. The van der Waals surface area contributed by atoms with Crippen molar-refractivity contribution in [2.75, 3.05) is 0 Å². The van der Waals surface area contributed by atoms with Crippen LogP contribution < -0.4 is 0 Å². The Balaban J connectivity index is 2.31. The highest BCUT2D eigenvalue weighted by atomic mass is 35.7. The number of hydrogen-bond donors (Lipinski definition) is 0. The molecule has 0 spiro atoms. The van der Waals surface area contributed by atoms with Gasteiger partial charge in [-0.3, -0.25) is 0 Å². The summed E-state index contributed by atoms with van der Waals surface area (Å²) in [4.78, 5) is 0. The average molecular weight is 321 g/mol. The topological polar surface area (TPSA) is 0 Å². The summed E-state index contributed by atoms with van der Waals surface area (Å²) in [5, 5.41) is 0. The van der Waals surface area contributed by atoms with E-state index in [0.29, 0.717) is 0 Å². The van der Waals surface area contributed by atoms with Crippen LogP contribution in [0.25, 0.3) is 11.1 Å². The van der Waals surface area contributed by atoms with Crippen molar-refractivity contribution in [2.24, 2.45) is 0 Å². The van der Waals surface area contributed by atoms with Gasteiger partial charge in [0.15, 0.2) is 0 Å². The Morgan fingerprint density at radius 3 is 1.70 bits per heavy atom. The molecule has 0 saturated carbocycles. The van der Waals surface area contributed by atoms with Gasteiger partial charge >= 0.3 is 0 Å². The average Bonchev–Trinajstić information content (AvgIpc) is 2.69. The number of halogens is 2. The molecular formula is C17H18Cl2Si. The molecule has 2 aromatic rings. The van der Waals surface area contributed by atoms with E-state index in [1.54, 1.807) is 0 Å². The summed E-state index contributed by atoms with van der Waals surface area (Å²) in [6.07, 6.45) is 0. The Labute approximate surface area is 131 Å². The summed E-state index contributed by atoms with van der Waals surface area (Å²) in [5.41, 5.74) is 5.50. The lowest BCUT2D eigenvalue weighted by Gasteiger charge is -2.38. The van der Waals surface area contributed by atoms with Crippen molar-refractivity contribution in [3.05, 3.63) is 59.7 Å². The molecule has 0 aromatic heterocycles. The first-order chi connectivity index (χ1) is 9.37. The Hall–Kier alpha value is -0.763. The molecule has 3 heteroatoms. The molecule has 0 bridgehead atoms. The fourth-order valence-corrected chi connectivity index (χ4v) is 6.09. The van der Waals surface area contributed by atoms with Crippen LogP contribution in [-0.4, -0.2) is 6.69 Å². The minimum absolute atomic E-state index is 0.0995. The van der Waals surface area contributed by atoms with E-state index in [9.17, 15) is 0 Å². The van der Waals surface area contributed by atoms with Crippen molar-refractivity contribution in [1.29, 1.82) is 0 Å². The van der Waals surface area contributed by atoms with Gasteiger partial charge in [0.1, 0.15) is 0 Å². The standard InChI is InChI=1S/C17H18Cl2Si/c1-12(20(3,18)19)17(2)15-10-6-4-8-13(15)14-9-5-7-11-16(14)17/h4-12H,1-3H3. The molecule has 0 amide bonds. The molecule has 1 aliphatic carbocycles. The third kappa shape index (κ3) is 1.87. The van der Waals surface area contributed by atoms with Gasteiger partial charge in [-0.05, 0) is 34.3 Å². The molecule has 0 saturated heterocycles. The molecule has 3 rings (SSSR count). The van der Waals surface area contributed by atoms with Gasteiger partial charge in [0.25, 0.3) is 6.69 Å². The van der Waals surface area contributed by atoms with E-state index < -0.39 is 6.69 Å². The van der Waals surface area contributed by atoms with Gasteiger partial charge in [-0.2, -0.15) is 0 Å². The Kier molecular flexibility index (Phi) is 3.28. The second-order valence-electron chi connectivity index (χ2n) is 5.97. The van der Waals surface area contributed by atoms with Gasteiger partial charge in [-0.1, -0.05) is 62.4 Å². The van der Waals surface area contributed by atoms with Gasteiger partial charge < -0.3 is 0 Å². The summed E-state index contributed by atoms with van der Waals surface area (Å²) >= 11 is 13.2. The van der Waals surface area contributed by atoms with Crippen molar-refractivity contribution in [3.63, 3.8) is 0 Å². The molecule has 0 nitrogen and oxygen atoms in total. The molecule has 0 heterocycles. The maximum atomic E-state index is 6.59. The molecule has 0 radical (unpaired) electrons. The van der Waals surface area contributed by atoms with Crippen LogP contribution in [0, 0.1) is 0 Å². The number of hydrogen-bond acceptors (Lipinski definition) is 0. The highest BCUT2D eigenvalue weighted by molar-refractivity contribution is 7.45. The largest absolute Gasteiger partial charge is 0.252 e. The summed E-state index contributed by atoms with van der Waals surface area (Å²) in [7, 11) is 0. The maximum absolute atomic E-state index is 6.59. The van der Waals surface area contributed by atoms with E-state index in [1.165, 1.54) is 22.3 Å². The highest BCUT2D eigenvalue weighted by Crippen LogP contribution is 2.57. The highest BCUT2D eigenvalue weighted by Gasteiger charge is 2.49. The lowest BCUT2D eigenvalue weighted by Crippen LogP contribution is -2.37. The normalized spacial score (nSPS) is 17.4. The molecule has 1 atom stereocenters. The molecular weight excluding hydrogens is 303 g/mol. The van der Waals surface area contributed by atoms with Crippen LogP contribution >= 0.6 is 22.2 Å². The van der Waals surface area contributed by atoms with Crippen molar-refractivity contribution >= 4 is 28.9 Å². The minimum atomic E-state index is -2.29. The maximum Gasteiger partial charge on any atom is 0.252 e. The number of rotatable bonds is 2. The van der Waals surface area contributed by atoms with E-state index in [1.807, 2.05) is 6.55 Å². The monoisotopic (exact) mass is 320 g/mol. The first kappa shape index (κ1) is 14.2.